The Morgan fingerprint density at radius 1 is 1.33 bits per heavy atom. The highest BCUT2D eigenvalue weighted by Gasteiger charge is 2.20. The minimum Gasteiger partial charge on any atom is -0.402 e. The molecule has 0 saturated heterocycles. The zero-order valence-corrected chi connectivity index (χ0v) is 14.8. The third-order valence-corrected chi connectivity index (χ3v) is 4.38. The Kier molecular flexibility index (Phi) is 8.40. The molecule has 1 amide bonds. The van der Waals surface area contributed by atoms with Crippen molar-refractivity contribution in [2.24, 2.45) is 0 Å². The van der Waals surface area contributed by atoms with Crippen LogP contribution in [-0.4, -0.2) is 49.9 Å². The first-order valence-electron chi connectivity index (χ1n) is 7.76. The molecule has 0 aliphatic heterocycles. The van der Waals surface area contributed by atoms with Crippen LogP contribution >= 0.6 is 0 Å². The number of hydrogen-bond acceptors (Lipinski definition) is 6. The number of nitrogens with one attached hydrogen (secondary N) is 1. The minimum absolute atomic E-state index is 0.0173. The molecular weight excluding hydrogens is 333 g/mol. The predicted molar refractivity (Wildman–Crippen MR) is 91.7 cm³/mol. The van der Waals surface area contributed by atoms with Crippen molar-refractivity contribution >= 4 is 23.1 Å². The number of carbonyl (C=O) groups excluding carboxylic acids is 1. The van der Waals surface area contributed by atoms with Gasteiger partial charge in [0, 0.05) is 19.1 Å². The van der Waals surface area contributed by atoms with E-state index in [1.165, 1.54) is 0 Å². The molecule has 0 fully saturated rings. The minimum atomic E-state index is -3.11. The second kappa shape index (κ2) is 9.78. The predicted octanol–water partition coefficient (Wildman–Crippen LogP) is 0.0447. The van der Waals surface area contributed by atoms with Crippen molar-refractivity contribution in [2.75, 3.05) is 12.0 Å². The highest BCUT2D eigenvalue weighted by molar-refractivity contribution is 7.90. The second-order valence-electron chi connectivity index (χ2n) is 5.63. The van der Waals surface area contributed by atoms with Gasteiger partial charge in [-0.05, 0) is 24.0 Å². The Balaban J connectivity index is 2.62. The van der Waals surface area contributed by atoms with Crippen molar-refractivity contribution in [3.8, 4) is 0 Å². The lowest BCUT2D eigenvalue weighted by molar-refractivity contribution is -0.124. The first-order chi connectivity index (χ1) is 11.2. The van der Waals surface area contributed by atoms with Crippen LogP contribution < -0.4 is 5.32 Å². The molecule has 1 rings (SSSR count). The van der Waals surface area contributed by atoms with Crippen molar-refractivity contribution in [3.63, 3.8) is 0 Å². The monoisotopic (exact) mass is 357 g/mol. The molecule has 3 N–H and O–H groups in total. The van der Waals surface area contributed by atoms with E-state index in [4.69, 9.17) is 14.7 Å². The summed E-state index contributed by atoms with van der Waals surface area (Å²) in [6.45, 7) is 2.02. The quantitative estimate of drug-likeness (QED) is 0.403. The fourth-order valence-electron chi connectivity index (χ4n) is 2.22. The number of aryl methyl sites for hydroxylation is 1. The average Bonchev–Trinajstić information content (AvgIpc) is 2.45. The average molecular weight is 357 g/mol. The van der Waals surface area contributed by atoms with Crippen LogP contribution in [0.1, 0.15) is 30.9 Å². The van der Waals surface area contributed by atoms with Gasteiger partial charge in [0.05, 0.1) is 5.75 Å². The van der Waals surface area contributed by atoms with E-state index in [0.29, 0.717) is 0 Å². The number of benzene rings is 1. The zero-order valence-electron chi connectivity index (χ0n) is 13.9. The summed E-state index contributed by atoms with van der Waals surface area (Å²) in [4.78, 5) is 11.9. The molecule has 0 heterocycles. The molecular formula is C15H24BNO6S. The van der Waals surface area contributed by atoms with Gasteiger partial charge in [0.1, 0.15) is 16.1 Å². The van der Waals surface area contributed by atoms with E-state index < -0.39 is 29.3 Å². The van der Waals surface area contributed by atoms with Crippen LogP contribution in [0.5, 0.6) is 0 Å². The fraction of sp³-hybridized carbons (Fsp3) is 0.533. The van der Waals surface area contributed by atoms with Crippen LogP contribution in [0.2, 0.25) is 0 Å². The van der Waals surface area contributed by atoms with E-state index in [1.54, 1.807) is 0 Å². The Hall–Kier alpha value is -1.42. The van der Waals surface area contributed by atoms with Crippen molar-refractivity contribution < 1.29 is 27.9 Å². The van der Waals surface area contributed by atoms with Gasteiger partial charge in [0.15, 0.2) is 0 Å². The summed E-state index contributed by atoms with van der Waals surface area (Å²) in [7, 11) is -5.13. The van der Waals surface area contributed by atoms with Crippen LogP contribution in [0, 0.1) is 0 Å². The van der Waals surface area contributed by atoms with E-state index in [2.05, 4.69) is 5.32 Å². The highest BCUT2D eigenvalue weighted by Crippen LogP contribution is 2.10. The van der Waals surface area contributed by atoms with Crippen molar-refractivity contribution in [1.82, 2.24) is 5.32 Å². The molecule has 24 heavy (non-hydrogen) atoms. The maximum Gasteiger partial charge on any atom is 0.635 e. The van der Waals surface area contributed by atoms with Crippen LogP contribution in [0.25, 0.3) is 0 Å². The SMILES string of the molecule is CCc1cccc(C[C@H](NC(=O)CCCS(C)(=O)=O)OB(O)O)c1. The Morgan fingerprint density at radius 3 is 2.58 bits per heavy atom. The number of amides is 1. The molecule has 1 aromatic carbocycles. The van der Waals surface area contributed by atoms with Gasteiger partial charge in [-0.15, -0.1) is 0 Å². The third-order valence-electron chi connectivity index (χ3n) is 3.35. The lowest BCUT2D eigenvalue weighted by Gasteiger charge is -2.20. The lowest BCUT2D eigenvalue weighted by Crippen LogP contribution is -2.42. The Morgan fingerprint density at radius 2 is 2.00 bits per heavy atom. The molecule has 0 unspecified atom stereocenters. The van der Waals surface area contributed by atoms with Crippen LogP contribution in [0.4, 0.5) is 0 Å². The van der Waals surface area contributed by atoms with Crippen molar-refractivity contribution in [1.29, 1.82) is 0 Å². The number of rotatable bonds is 10. The maximum absolute atomic E-state index is 11.9. The molecule has 1 atom stereocenters. The highest BCUT2D eigenvalue weighted by atomic mass is 32.2. The van der Waals surface area contributed by atoms with Gasteiger partial charge < -0.3 is 20.0 Å². The standard InChI is InChI=1S/C15H24BNO6S/c1-3-12-6-4-7-13(10-12)11-15(23-16(19)20)17-14(18)8-5-9-24(2,21)22/h4,6-7,10,15,19-20H,3,5,8-9,11H2,1-2H3,(H,17,18)/t15-/m1/s1. The number of hydrogen-bond donors (Lipinski definition) is 3. The normalized spacial score (nSPS) is 12.7. The fourth-order valence-corrected chi connectivity index (χ4v) is 2.89. The smallest absolute Gasteiger partial charge is 0.402 e. The molecule has 0 radical (unpaired) electrons. The maximum atomic E-state index is 11.9. The van der Waals surface area contributed by atoms with Gasteiger partial charge in [-0.1, -0.05) is 31.2 Å². The van der Waals surface area contributed by atoms with E-state index >= 15 is 0 Å². The molecule has 7 nitrogen and oxygen atoms in total. The van der Waals surface area contributed by atoms with Gasteiger partial charge in [-0.25, -0.2) is 8.42 Å². The summed E-state index contributed by atoms with van der Waals surface area (Å²) < 4.78 is 27.0. The summed E-state index contributed by atoms with van der Waals surface area (Å²) in [6, 6.07) is 7.67. The van der Waals surface area contributed by atoms with E-state index in [0.717, 1.165) is 23.8 Å². The molecule has 0 saturated carbocycles. The summed E-state index contributed by atoms with van der Waals surface area (Å²) in [6.07, 6.45) is 1.54. The van der Waals surface area contributed by atoms with E-state index in [1.807, 2.05) is 31.2 Å². The first kappa shape index (κ1) is 20.6. The summed E-state index contributed by atoms with van der Waals surface area (Å²) in [5, 5.41) is 20.5. The van der Waals surface area contributed by atoms with Crippen molar-refractivity contribution in [3.05, 3.63) is 35.4 Å². The van der Waals surface area contributed by atoms with E-state index in [9.17, 15) is 13.2 Å². The topological polar surface area (TPSA) is 113 Å². The third kappa shape index (κ3) is 9.02. The van der Waals surface area contributed by atoms with Gasteiger partial charge in [-0.3, -0.25) is 4.79 Å². The second-order valence-corrected chi connectivity index (χ2v) is 7.89. The molecule has 1 aromatic rings. The molecule has 9 heteroatoms. The van der Waals surface area contributed by atoms with Gasteiger partial charge in [0.25, 0.3) is 0 Å². The van der Waals surface area contributed by atoms with Crippen LogP contribution in [0.3, 0.4) is 0 Å². The van der Waals surface area contributed by atoms with Crippen LogP contribution in [0.15, 0.2) is 24.3 Å². The van der Waals surface area contributed by atoms with Crippen LogP contribution in [-0.2, 0) is 32.1 Å². The molecule has 0 spiro atoms. The Bertz CT molecular complexity index is 635. The number of sulfone groups is 1. The molecule has 0 aromatic heterocycles. The molecule has 134 valence electrons. The number of carbonyl (C=O) groups is 1. The molecule has 0 aliphatic carbocycles. The molecule has 0 aliphatic rings. The largest absolute Gasteiger partial charge is 0.635 e. The summed E-state index contributed by atoms with van der Waals surface area (Å²) in [5.41, 5.74) is 2.01. The van der Waals surface area contributed by atoms with E-state index in [-0.39, 0.29) is 25.0 Å². The van der Waals surface area contributed by atoms with Crippen molar-refractivity contribution in [2.45, 2.75) is 38.8 Å². The van der Waals surface area contributed by atoms with Gasteiger partial charge >= 0.3 is 7.32 Å². The first-order valence-corrected chi connectivity index (χ1v) is 9.82. The summed E-state index contributed by atoms with van der Waals surface area (Å²) in [5.74, 6) is -0.483. The van der Waals surface area contributed by atoms with Gasteiger partial charge in [-0.2, -0.15) is 0 Å². The lowest BCUT2D eigenvalue weighted by atomic mass is 10.1. The zero-order chi connectivity index (χ0) is 18.2. The van der Waals surface area contributed by atoms with Gasteiger partial charge in [0.2, 0.25) is 5.91 Å². The molecule has 0 bridgehead atoms. The Labute approximate surface area is 143 Å². The summed E-state index contributed by atoms with van der Waals surface area (Å²) >= 11 is 0.